The summed E-state index contributed by atoms with van der Waals surface area (Å²) in [6.07, 6.45) is 4.82. The summed E-state index contributed by atoms with van der Waals surface area (Å²) in [6.45, 7) is 4.47. The zero-order chi connectivity index (χ0) is 13.0. The number of hydrogen-bond acceptors (Lipinski definition) is 2. The Labute approximate surface area is 109 Å². The lowest BCUT2D eigenvalue weighted by Crippen LogP contribution is -2.38. The average molecular weight is 250 g/mol. The normalized spacial score (nSPS) is 22.9. The van der Waals surface area contributed by atoms with Gasteiger partial charge in [-0.25, -0.2) is 4.39 Å². The van der Waals surface area contributed by atoms with Gasteiger partial charge in [0.2, 0.25) is 0 Å². The predicted molar refractivity (Wildman–Crippen MR) is 72.8 cm³/mol. The summed E-state index contributed by atoms with van der Waals surface area (Å²) in [5.74, 6) is -0.200. The summed E-state index contributed by atoms with van der Waals surface area (Å²) in [4.78, 5) is 2.50. The van der Waals surface area contributed by atoms with Crippen molar-refractivity contribution in [2.45, 2.75) is 44.7 Å². The van der Waals surface area contributed by atoms with Gasteiger partial charge in [-0.2, -0.15) is 0 Å². The van der Waals surface area contributed by atoms with Crippen molar-refractivity contribution >= 4 is 0 Å². The molecule has 18 heavy (non-hydrogen) atoms. The third-order valence-corrected chi connectivity index (χ3v) is 3.94. The summed E-state index contributed by atoms with van der Waals surface area (Å²) in [7, 11) is 0. The van der Waals surface area contributed by atoms with E-state index in [0.29, 0.717) is 6.04 Å². The van der Waals surface area contributed by atoms with Crippen LogP contribution in [0.15, 0.2) is 24.3 Å². The van der Waals surface area contributed by atoms with Crippen LogP contribution in [0.3, 0.4) is 0 Å². The fourth-order valence-corrected chi connectivity index (χ4v) is 2.70. The van der Waals surface area contributed by atoms with Crippen LogP contribution in [-0.2, 0) is 0 Å². The van der Waals surface area contributed by atoms with Crippen LogP contribution in [0, 0.1) is 5.82 Å². The molecule has 2 nitrogen and oxygen atoms in total. The first-order valence-corrected chi connectivity index (χ1v) is 6.92. The Morgan fingerprint density at radius 1 is 1.44 bits per heavy atom. The summed E-state index contributed by atoms with van der Waals surface area (Å²) >= 11 is 0. The summed E-state index contributed by atoms with van der Waals surface area (Å²) < 4.78 is 13.1. The molecule has 0 aromatic heterocycles. The topological polar surface area (TPSA) is 29.3 Å². The number of hydrogen-bond donors (Lipinski definition) is 1. The first kappa shape index (κ1) is 13.5. The highest BCUT2D eigenvalue weighted by molar-refractivity contribution is 5.19. The highest BCUT2D eigenvalue weighted by atomic mass is 19.1. The van der Waals surface area contributed by atoms with Gasteiger partial charge in [0.15, 0.2) is 0 Å². The molecule has 0 amide bonds. The number of benzene rings is 1. The molecule has 1 aliphatic heterocycles. The highest BCUT2D eigenvalue weighted by Gasteiger charge is 2.18. The van der Waals surface area contributed by atoms with Crippen molar-refractivity contribution in [3.8, 4) is 0 Å². The van der Waals surface area contributed by atoms with E-state index in [9.17, 15) is 4.39 Å². The minimum absolute atomic E-state index is 0.0603. The molecule has 1 aromatic rings. The summed E-state index contributed by atoms with van der Waals surface area (Å²) in [5, 5.41) is 0. The van der Waals surface area contributed by atoms with Crippen LogP contribution in [0.2, 0.25) is 0 Å². The lowest BCUT2D eigenvalue weighted by atomic mass is 10.0. The number of likely N-dealkylation sites (tertiary alicyclic amines) is 1. The van der Waals surface area contributed by atoms with Gasteiger partial charge in [0.05, 0.1) is 0 Å². The van der Waals surface area contributed by atoms with Gasteiger partial charge < -0.3 is 10.6 Å². The van der Waals surface area contributed by atoms with E-state index in [-0.39, 0.29) is 11.9 Å². The fourth-order valence-electron chi connectivity index (χ4n) is 2.70. The molecule has 2 atom stereocenters. The second kappa shape index (κ2) is 6.30. The van der Waals surface area contributed by atoms with E-state index in [2.05, 4.69) is 11.8 Å². The first-order chi connectivity index (χ1) is 8.66. The van der Waals surface area contributed by atoms with Crippen LogP contribution in [0.5, 0.6) is 0 Å². The number of nitrogens with zero attached hydrogens (tertiary/aromatic N) is 1. The van der Waals surface area contributed by atoms with Crippen LogP contribution in [0.4, 0.5) is 4.39 Å². The standard InChI is InChI=1S/C15H23FN2/c1-12-5-2-3-9-18(12)10-8-15(17)13-6-4-7-14(16)11-13/h4,6-7,11-12,15H,2-3,5,8-10,17H2,1H3. The van der Waals surface area contributed by atoms with Crippen molar-refractivity contribution in [2.24, 2.45) is 5.73 Å². The van der Waals surface area contributed by atoms with Crippen LogP contribution in [0.1, 0.15) is 44.2 Å². The maximum Gasteiger partial charge on any atom is 0.123 e. The molecule has 100 valence electrons. The number of piperidine rings is 1. The predicted octanol–water partition coefficient (Wildman–Crippen LogP) is 3.09. The van der Waals surface area contributed by atoms with Gasteiger partial charge in [0, 0.05) is 18.6 Å². The summed E-state index contributed by atoms with van der Waals surface area (Å²) in [5.41, 5.74) is 7.04. The molecule has 1 aliphatic rings. The van der Waals surface area contributed by atoms with E-state index < -0.39 is 0 Å². The van der Waals surface area contributed by atoms with E-state index in [0.717, 1.165) is 18.5 Å². The van der Waals surface area contributed by atoms with Crippen molar-refractivity contribution in [3.05, 3.63) is 35.6 Å². The lowest BCUT2D eigenvalue weighted by Gasteiger charge is -2.34. The second-order valence-corrected chi connectivity index (χ2v) is 5.33. The molecule has 0 saturated carbocycles. The maximum absolute atomic E-state index is 13.1. The van der Waals surface area contributed by atoms with Gasteiger partial charge in [-0.05, 0) is 50.4 Å². The van der Waals surface area contributed by atoms with Crippen LogP contribution < -0.4 is 5.73 Å². The number of nitrogens with two attached hydrogens (primary N) is 1. The van der Waals surface area contributed by atoms with Gasteiger partial charge >= 0.3 is 0 Å². The SMILES string of the molecule is CC1CCCCN1CCC(N)c1cccc(F)c1. The Morgan fingerprint density at radius 3 is 3.00 bits per heavy atom. The van der Waals surface area contributed by atoms with E-state index >= 15 is 0 Å². The Morgan fingerprint density at radius 2 is 2.28 bits per heavy atom. The molecule has 1 saturated heterocycles. The van der Waals surface area contributed by atoms with Crippen molar-refractivity contribution < 1.29 is 4.39 Å². The average Bonchev–Trinajstić information content (AvgIpc) is 2.37. The van der Waals surface area contributed by atoms with Crippen LogP contribution in [0.25, 0.3) is 0 Å². The molecule has 0 spiro atoms. The largest absolute Gasteiger partial charge is 0.324 e. The van der Waals surface area contributed by atoms with E-state index in [1.165, 1.54) is 31.9 Å². The first-order valence-electron chi connectivity index (χ1n) is 6.92. The second-order valence-electron chi connectivity index (χ2n) is 5.33. The van der Waals surface area contributed by atoms with E-state index in [1.807, 2.05) is 6.07 Å². The molecule has 2 unspecified atom stereocenters. The van der Waals surface area contributed by atoms with Gasteiger partial charge in [-0.3, -0.25) is 0 Å². The number of halogens is 1. The van der Waals surface area contributed by atoms with Crippen molar-refractivity contribution in [1.82, 2.24) is 4.90 Å². The summed E-state index contributed by atoms with van der Waals surface area (Å²) in [6, 6.07) is 7.25. The molecule has 2 rings (SSSR count). The minimum Gasteiger partial charge on any atom is -0.324 e. The quantitative estimate of drug-likeness (QED) is 0.889. The molecule has 3 heteroatoms. The molecule has 1 heterocycles. The van der Waals surface area contributed by atoms with Crippen LogP contribution in [-0.4, -0.2) is 24.0 Å². The molecular formula is C15H23FN2. The van der Waals surface area contributed by atoms with E-state index in [4.69, 9.17) is 5.73 Å². The molecular weight excluding hydrogens is 227 g/mol. The van der Waals surface area contributed by atoms with Crippen molar-refractivity contribution in [1.29, 1.82) is 0 Å². The Balaban J connectivity index is 1.86. The molecule has 0 radical (unpaired) electrons. The third-order valence-electron chi connectivity index (χ3n) is 3.94. The van der Waals surface area contributed by atoms with E-state index in [1.54, 1.807) is 12.1 Å². The van der Waals surface area contributed by atoms with Gasteiger partial charge in [0.1, 0.15) is 5.82 Å². The zero-order valence-electron chi connectivity index (χ0n) is 11.1. The molecule has 0 bridgehead atoms. The maximum atomic E-state index is 13.1. The zero-order valence-corrected chi connectivity index (χ0v) is 11.1. The van der Waals surface area contributed by atoms with Crippen molar-refractivity contribution in [3.63, 3.8) is 0 Å². The Kier molecular flexibility index (Phi) is 4.72. The third kappa shape index (κ3) is 3.53. The van der Waals surface area contributed by atoms with Gasteiger partial charge in [-0.15, -0.1) is 0 Å². The monoisotopic (exact) mass is 250 g/mol. The van der Waals surface area contributed by atoms with Crippen molar-refractivity contribution in [2.75, 3.05) is 13.1 Å². The molecule has 2 N–H and O–H groups in total. The molecule has 1 fully saturated rings. The fraction of sp³-hybridized carbons (Fsp3) is 0.600. The molecule has 0 aliphatic carbocycles. The number of rotatable bonds is 4. The van der Waals surface area contributed by atoms with Gasteiger partial charge in [0.25, 0.3) is 0 Å². The molecule has 1 aromatic carbocycles. The van der Waals surface area contributed by atoms with Crippen LogP contribution >= 0.6 is 0 Å². The smallest absolute Gasteiger partial charge is 0.123 e. The van der Waals surface area contributed by atoms with Gasteiger partial charge in [-0.1, -0.05) is 18.6 Å². The highest BCUT2D eigenvalue weighted by Crippen LogP contribution is 2.20. The Hall–Kier alpha value is -0.930. The minimum atomic E-state index is -0.200. The Bertz CT molecular complexity index is 381. The lowest BCUT2D eigenvalue weighted by molar-refractivity contribution is 0.155.